The van der Waals surface area contributed by atoms with Crippen LogP contribution in [0, 0.1) is 5.92 Å². The average molecular weight is 336 g/mol. The molecule has 0 aromatic heterocycles. The minimum absolute atomic E-state index is 0.00580. The molecule has 82 valence electrons. The van der Waals surface area contributed by atoms with Crippen molar-refractivity contribution in [1.29, 1.82) is 0 Å². The second kappa shape index (κ2) is 5.66. The highest BCUT2D eigenvalue weighted by atomic mass is 79.9. The maximum atomic E-state index is 11.4. The minimum atomic E-state index is 0.00580. The molecule has 0 aliphatic heterocycles. The number of Topliss-reactive ketones (excluding diaryl/α,β-unsaturated/α-hetero) is 1. The number of benzene rings is 1. The lowest BCUT2D eigenvalue weighted by atomic mass is 10.1. The fourth-order valence-electron chi connectivity index (χ4n) is 0.930. The standard InChI is InChI=1S/C11H12Br2O2/c1-7(2)10(14)6-15-11-8(12)4-3-5-9(11)13/h3-5,7H,6H2,1-2H3. The zero-order chi connectivity index (χ0) is 11.4. The summed E-state index contributed by atoms with van der Waals surface area (Å²) < 4.78 is 7.13. The molecule has 0 unspecified atom stereocenters. The van der Waals surface area contributed by atoms with Crippen LogP contribution in [0.5, 0.6) is 5.75 Å². The molecule has 1 aromatic rings. The predicted molar refractivity (Wildman–Crippen MR) is 67.2 cm³/mol. The number of ether oxygens (including phenoxy) is 1. The molecule has 0 aliphatic rings. The summed E-state index contributed by atoms with van der Waals surface area (Å²) in [7, 11) is 0. The number of ketones is 1. The van der Waals surface area contributed by atoms with Crippen molar-refractivity contribution in [3.05, 3.63) is 27.1 Å². The third kappa shape index (κ3) is 3.61. The van der Waals surface area contributed by atoms with E-state index in [1.54, 1.807) is 0 Å². The minimum Gasteiger partial charge on any atom is -0.483 e. The van der Waals surface area contributed by atoms with Crippen molar-refractivity contribution in [2.24, 2.45) is 5.92 Å². The molecule has 0 saturated heterocycles. The predicted octanol–water partition coefficient (Wildman–Crippen LogP) is 3.82. The molecule has 0 radical (unpaired) electrons. The van der Waals surface area contributed by atoms with E-state index in [1.807, 2.05) is 32.0 Å². The normalized spacial score (nSPS) is 10.5. The molecule has 0 spiro atoms. The zero-order valence-electron chi connectivity index (χ0n) is 8.59. The third-order valence-electron chi connectivity index (χ3n) is 1.92. The number of hydrogen-bond acceptors (Lipinski definition) is 2. The lowest BCUT2D eigenvalue weighted by Crippen LogP contribution is -2.17. The number of para-hydroxylation sites is 1. The molecule has 1 aromatic carbocycles. The Kier molecular flexibility index (Phi) is 4.80. The summed E-state index contributed by atoms with van der Waals surface area (Å²) >= 11 is 6.74. The van der Waals surface area contributed by atoms with Gasteiger partial charge in [0.05, 0.1) is 8.95 Å². The van der Waals surface area contributed by atoms with Crippen LogP contribution in [-0.4, -0.2) is 12.4 Å². The van der Waals surface area contributed by atoms with E-state index < -0.39 is 0 Å². The van der Waals surface area contributed by atoms with Crippen LogP contribution in [0.25, 0.3) is 0 Å². The van der Waals surface area contributed by atoms with Crippen molar-refractivity contribution in [2.45, 2.75) is 13.8 Å². The molecule has 1 rings (SSSR count). The molecule has 2 nitrogen and oxygen atoms in total. The van der Waals surface area contributed by atoms with Gasteiger partial charge in [-0.2, -0.15) is 0 Å². The van der Waals surface area contributed by atoms with Gasteiger partial charge in [0.25, 0.3) is 0 Å². The number of carbonyl (C=O) groups is 1. The molecule has 0 heterocycles. The van der Waals surface area contributed by atoms with E-state index in [4.69, 9.17) is 4.74 Å². The van der Waals surface area contributed by atoms with Crippen LogP contribution in [0.4, 0.5) is 0 Å². The monoisotopic (exact) mass is 334 g/mol. The van der Waals surface area contributed by atoms with Crippen LogP contribution in [0.2, 0.25) is 0 Å². The van der Waals surface area contributed by atoms with Gasteiger partial charge in [-0.15, -0.1) is 0 Å². The van der Waals surface area contributed by atoms with E-state index in [-0.39, 0.29) is 18.3 Å². The molecule has 0 amide bonds. The second-order valence-electron chi connectivity index (χ2n) is 3.46. The van der Waals surface area contributed by atoms with Gasteiger partial charge < -0.3 is 4.74 Å². The molecule has 0 N–H and O–H groups in total. The van der Waals surface area contributed by atoms with Crippen molar-refractivity contribution < 1.29 is 9.53 Å². The average Bonchev–Trinajstić information content (AvgIpc) is 2.16. The van der Waals surface area contributed by atoms with Gasteiger partial charge in [-0.25, -0.2) is 0 Å². The molecule has 4 heteroatoms. The summed E-state index contributed by atoms with van der Waals surface area (Å²) in [6.45, 7) is 3.83. The van der Waals surface area contributed by atoms with Crippen molar-refractivity contribution in [1.82, 2.24) is 0 Å². The van der Waals surface area contributed by atoms with Crippen molar-refractivity contribution in [2.75, 3.05) is 6.61 Å². The lowest BCUT2D eigenvalue weighted by molar-refractivity contribution is -0.123. The summed E-state index contributed by atoms with van der Waals surface area (Å²) in [4.78, 5) is 11.4. The van der Waals surface area contributed by atoms with Crippen LogP contribution in [0.1, 0.15) is 13.8 Å². The van der Waals surface area contributed by atoms with Crippen molar-refractivity contribution in [3.8, 4) is 5.75 Å². The van der Waals surface area contributed by atoms with Gasteiger partial charge in [-0.3, -0.25) is 4.79 Å². The van der Waals surface area contributed by atoms with Crippen molar-refractivity contribution in [3.63, 3.8) is 0 Å². The Labute approximate surface area is 106 Å². The van der Waals surface area contributed by atoms with E-state index in [0.29, 0.717) is 5.75 Å². The van der Waals surface area contributed by atoms with Crippen LogP contribution in [0.3, 0.4) is 0 Å². The maximum absolute atomic E-state index is 11.4. The Morgan fingerprint density at radius 2 is 1.87 bits per heavy atom. The SMILES string of the molecule is CC(C)C(=O)COc1c(Br)cccc1Br. The molecule has 0 atom stereocenters. The van der Waals surface area contributed by atoms with Gasteiger partial charge in [-0.05, 0) is 44.0 Å². The Bertz CT molecular complexity index is 341. The van der Waals surface area contributed by atoms with E-state index in [1.165, 1.54) is 0 Å². The topological polar surface area (TPSA) is 26.3 Å². The quantitative estimate of drug-likeness (QED) is 0.836. The Morgan fingerprint density at radius 1 is 1.33 bits per heavy atom. The van der Waals surface area contributed by atoms with Gasteiger partial charge in [0.1, 0.15) is 12.4 Å². The third-order valence-corrected chi connectivity index (χ3v) is 3.17. The van der Waals surface area contributed by atoms with E-state index in [2.05, 4.69) is 31.9 Å². The van der Waals surface area contributed by atoms with Gasteiger partial charge in [0.2, 0.25) is 0 Å². The second-order valence-corrected chi connectivity index (χ2v) is 5.17. The first-order valence-corrected chi connectivity index (χ1v) is 6.20. The van der Waals surface area contributed by atoms with Crippen LogP contribution < -0.4 is 4.74 Å². The van der Waals surface area contributed by atoms with Crippen molar-refractivity contribution >= 4 is 37.6 Å². The summed E-state index contributed by atoms with van der Waals surface area (Å²) in [5.74, 6) is 0.774. The highest BCUT2D eigenvalue weighted by Gasteiger charge is 2.11. The number of halogens is 2. The van der Waals surface area contributed by atoms with Gasteiger partial charge in [0.15, 0.2) is 5.78 Å². The molecular formula is C11H12Br2O2. The van der Waals surface area contributed by atoms with E-state index >= 15 is 0 Å². The lowest BCUT2D eigenvalue weighted by Gasteiger charge is -2.10. The fourth-order valence-corrected chi connectivity index (χ4v) is 2.16. The van der Waals surface area contributed by atoms with Gasteiger partial charge >= 0.3 is 0 Å². The Morgan fingerprint density at radius 3 is 2.33 bits per heavy atom. The molecular weight excluding hydrogens is 324 g/mol. The molecule has 0 fully saturated rings. The number of rotatable bonds is 4. The first kappa shape index (κ1) is 12.7. The largest absolute Gasteiger partial charge is 0.483 e. The van der Waals surface area contributed by atoms with Crippen LogP contribution >= 0.6 is 31.9 Å². The highest BCUT2D eigenvalue weighted by molar-refractivity contribution is 9.11. The number of hydrogen-bond donors (Lipinski definition) is 0. The smallest absolute Gasteiger partial charge is 0.172 e. The first-order valence-electron chi connectivity index (χ1n) is 4.62. The van der Waals surface area contributed by atoms with Gasteiger partial charge in [0, 0.05) is 5.92 Å². The van der Waals surface area contributed by atoms with E-state index in [9.17, 15) is 4.79 Å². The summed E-state index contributed by atoms with van der Waals surface area (Å²) in [6.07, 6.45) is 0. The first-order chi connectivity index (χ1) is 7.02. The summed E-state index contributed by atoms with van der Waals surface area (Å²) in [6, 6.07) is 5.64. The molecule has 0 bridgehead atoms. The summed E-state index contributed by atoms with van der Waals surface area (Å²) in [5.41, 5.74) is 0. The molecule has 15 heavy (non-hydrogen) atoms. The Balaban J connectivity index is 2.69. The molecule has 0 saturated carbocycles. The summed E-state index contributed by atoms with van der Waals surface area (Å²) in [5, 5.41) is 0. The fraction of sp³-hybridized carbons (Fsp3) is 0.364. The van der Waals surface area contributed by atoms with Crippen LogP contribution in [-0.2, 0) is 4.79 Å². The highest BCUT2D eigenvalue weighted by Crippen LogP contribution is 2.32. The van der Waals surface area contributed by atoms with Gasteiger partial charge in [-0.1, -0.05) is 19.9 Å². The van der Waals surface area contributed by atoms with Crippen LogP contribution in [0.15, 0.2) is 27.1 Å². The maximum Gasteiger partial charge on any atom is 0.172 e. The Hall–Kier alpha value is -0.350. The zero-order valence-corrected chi connectivity index (χ0v) is 11.8. The number of carbonyl (C=O) groups excluding carboxylic acids is 1. The van der Waals surface area contributed by atoms with E-state index in [0.717, 1.165) is 8.95 Å². The molecule has 0 aliphatic carbocycles.